The maximum atomic E-state index is 11.1. The zero-order valence-corrected chi connectivity index (χ0v) is 8.67. The molecule has 0 heterocycles. The number of carbonyl (C=O) groups excluding carboxylic acids is 1. The van der Waals surface area contributed by atoms with Crippen LogP contribution in [0.2, 0.25) is 0 Å². The fourth-order valence-electron chi connectivity index (χ4n) is 0.708. The topological polar surface area (TPSA) is 26.3 Å². The van der Waals surface area contributed by atoms with E-state index in [0.29, 0.717) is 12.2 Å². The van der Waals surface area contributed by atoms with Gasteiger partial charge in [0, 0.05) is 5.57 Å². The van der Waals surface area contributed by atoms with Gasteiger partial charge in [0.05, 0.1) is 0 Å². The molecule has 0 saturated heterocycles. The first-order valence-electron chi connectivity index (χ1n) is 4.67. The van der Waals surface area contributed by atoms with Crippen LogP contribution < -0.4 is 0 Å². The van der Waals surface area contributed by atoms with Crippen molar-refractivity contribution in [3.05, 3.63) is 23.8 Å². The van der Waals surface area contributed by atoms with Crippen molar-refractivity contribution < 1.29 is 9.53 Å². The maximum absolute atomic E-state index is 11.1. The summed E-state index contributed by atoms with van der Waals surface area (Å²) in [5.74, 6) is -0.233. The minimum atomic E-state index is -0.233. The van der Waals surface area contributed by atoms with E-state index in [1.54, 1.807) is 13.0 Å². The molecule has 0 unspecified atom stereocenters. The number of ether oxygens (including phenoxy) is 1. The normalized spacial score (nSPS) is 12.1. The van der Waals surface area contributed by atoms with Gasteiger partial charge in [-0.1, -0.05) is 31.6 Å². The molecule has 0 fully saturated rings. The lowest BCUT2D eigenvalue weighted by Gasteiger charge is -2.00. The van der Waals surface area contributed by atoms with Gasteiger partial charge in [-0.3, -0.25) is 0 Å². The van der Waals surface area contributed by atoms with Crippen molar-refractivity contribution in [1.82, 2.24) is 0 Å². The lowest BCUT2D eigenvalue weighted by molar-refractivity contribution is -0.137. The van der Waals surface area contributed by atoms with Gasteiger partial charge in [-0.15, -0.1) is 0 Å². The zero-order chi connectivity index (χ0) is 10.1. The predicted molar refractivity (Wildman–Crippen MR) is 54.4 cm³/mol. The molecule has 0 amide bonds. The van der Waals surface area contributed by atoms with E-state index in [1.807, 2.05) is 19.1 Å². The quantitative estimate of drug-likeness (QED) is 0.371. The Hall–Kier alpha value is -1.05. The highest BCUT2D eigenvalue weighted by Crippen LogP contribution is 1.96. The Morgan fingerprint density at radius 3 is 2.62 bits per heavy atom. The first kappa shape index (κ1) is 11.9. The average Bonchev–Trinajstić information content (AvgIpc) is 2.16. The molecule has 0 aliphatic carbocycles. The van der Waals surface area contributed by atoms with Crippen LogP contribution in [0.4, 0.5) is 0 Å². The van der Waals surface area contributed by atoms with Crippen molar-refractivity contribution in [3.8, 4) is 0 Å². The first-order chi connectivity index (χ1) is 6.22. The number of hydrogen-bond donors (Lipinski definition) is 0. The molecule has 0 aromatic carbocycles. The highest BCUT2D eigenvalue weighted by molar-refractivity contribution is 5.87. The summed E-state index contributed by atoms with van der Waals surface area (Å²) in [7, 11) is 0. The van der Waals surface area contributed by atoms with Crippen LogP contribution in [-0.2, 0) is 9.53 Å². The third-order valence-corrected chi connectivity index (χ3v) is 1.69. The van der Waals surface area contributed by atoms with Gasteiger partial charge < -0.3 is 4.74 Å². The molecule has 0 atom stereocenters. The van der Waals surface area contributed by atoms with Crippen molar-refractivity contribution in [3.63, 3.8) is 0 Å². The second-order valence-corrected chi connectivity index (χ2v) is 2.83. The standard InChI is InChI=1S/C11H18O2/c1-4-6-7-8-9-13-11(12)10(3)5-2/h5,7-8H,4,6,9H2,1-3H3/b8-7-,10-5+. The molecule has 0 aliphatic heterocycles. The molecule has 2 heteroatoms. The van der Waals surface area contributed by atoms with E-state index >= 15 is 0 Å². The molecule has 0 aromatic rings. The summed E-state index contributed by atoms with van der Waals surface area (Å²) in [5.41, 5.74) is 0.656. The number of carbonyl (C=O) groups is 1. The Balaban J connectivity index is 3.59. The van der Waals surface area contributed by atoms with Crippen LogP contribution in [0.3, 0.4) is 0 Å². The van der Waals surface area contributed by atoms with Gasteiger partial charge >= 0.3 is 5.97 Å². The Kier molecular flexibility index (Phi) is 6.98. The third-order valence-electron chi connectivity index (χ3n) is 1.69. The van der Waals surface area contributed by atoms with Crippen LogP contribution in [0.25, 0.3) is 0 Å². The molecule has 13 heavy (non-hydrogen) atoms. The van der Waals surface area contributed by atoms with Crippen LogP contribution in [0.5, 0.6) is 0 Å². The molecular formula is C11H18O2. The Labute approximate surface area is 80.3 Å². The molecule has 74 valence electrons. The Bertz CT molecular complexity index is 202. The van der Waals surface area contributed by atoms with Gasteiger partial charge in [-0.25, -0.2) is 4.79 Å². The molecule has 0 rings (SSSR count). The smallest absolute Gasteiger partial charge is 0.333 e. The van der Waals surface area contributed by atoms with E-state index in [9.17, 15) is 4.79 Å². The Morgan fingerprint density at radius 1 is 1.38 bits per heavy atom. The molecule has 0 saturated carbocycles. The second kappa shape index (κ2) is 7.59. The molecule has 0 radical (unpaired) electrons. The molecule has 0 aromatic heterocycles. The van der Waals surface area contributed by atoms with E-state index in [4.69, 9.17) is 4.74 Å². The highest BCUT2D eigenvalue weighted by atomic mass is 16.5. The monoisotopic (exact) mass is 182 g/mol. The van der Waals surface area contributed by atoms with Gasteiger partial charge in [-0.2, -0.15) is 0 Å². The number of rotatable bonds is 5. The van der Waals surface area contributed by atoms with Crippen LogP contribution in [0.1, 0.15) is 33.6 Å². The second-order valence-electron chi connectivity index (χ2n) is 2.83. The first-order valence-corrected chi connectivity index (χ1v) is 4.67. The molecule has 0 bridgehead atoms. The third kappa shape index (κ3) is 6.14. The fourth-order valence-corrected chi connectivity index (χ4v) is 0.708. The van der Waals surface area contributed by atoms with Gasteiger partial charge in [0.15, 0.2) is 0 Å². The predicted octanol–water partition coefficient (Wildman–Crippen LogP) is 2.85. The average molecular weight is 182 g/mol. The molecular weight excluding hydrogens is 164 g/mol. The van der Waals surface area contributed by atoms with Crippen molar-refractivity contribution in [1.29, 1.82) is 0 Å². The van der Waals surface area contributed by atoms with Crippen molar-refractivity contribution in [2.24, 2.45) is 0 Å². The summed E-state index contributed by atoms with van der Waals surface area (Å²) in [6.07, 6.45) is 7.82. The maximum Gasteiger partial charge on any atom is 0.333 e. The fraction of sp³-hybridized carbons (Fsp3) is 0.545. The summed E-state index contributed by atoms with van der Waals surface area (Å²) < 4.78 is 4.95. The van der Waals surface area contributed by atoms with E-state index in [2.05, 4.69) is 6.92 Å². The van der Waals surface area contributed by atoms with Crippen LogP contribution >= 0.6 is 0 Å². The summed E-state index contributed by atoms with van der Waals surface area (Å²) in [5, 5.41) is 0. The molecule has 0 spiro atoms. The van der Waals surface area contributed by atoms with E-state index in [-0.39, 0.29) is 5.97 Å². The van der Waals surface area contributed by atoms with Crippen molar-refractivity contribution in [2.45, 2.75) is 33.6 Å². The minimum absolute atomic E-state index is 0.233. The minimum Gasteiger partial charge on any atom is -0.458 e. The van der Waals surface area contributed by atoms with E-state index < -0.39 is 0 Å². The molecule has 2 nitrogen and oxygen atoms in total. The lowest BCUT2D eigenvalue weighted by atomic mass is 10.3. The van der Waals surface area contributed by atoms with Crippen LogP contribution in [0.15, 0.2) is 23.8 Å². The SMILES string of the molecule is C/C=C(\C)C(=O)OC/C=C\CCC. The van der Waals surface area contributed by atoms with Crippen LogP contribution in [-0.4, -0.2) is 12.6 Å². The highest BCUT2D eigenvalue weighted by Gasteiger charge is 2.01. The van der Waals surface area contributed by atoms with Crippen molar-refractivity contribution >= 4 is 5.97 Å². The summed E-state index contributed by atoms with van der Waals surface area (Å²) in [4.78, 5) is 11.1. The summed E-state index contributed by atoms with van der Waals surface area (Å²) in [6.45, 7) is 6.06. The van der Waals surface area contributed by atoms with Crippen molar-refractivity contribution in [2.75, 3.05) is 6.61 Å². The number of esters is 1. The number of unbranched alkanes of at least 4 members (excludes halogenated alkanes) is 1. The van der Waals surface area contributed by atoms with Gasteiger partial charge in [0.1, 0.15) is 6.61 Å². The van der Waals surface area contributed by atoms with Crippen LogP contribution in [0, 0.1) is 0 Å². The Morgan fingerprint density at radius 2 is 2.08 bits per heavy atom. The summed E-state index contributed by atoms with van der Waals surface area (Å²) >= 11 is 0. The van der Waals surface area contributed by atoms with E-state index in [1.165, 1.54) is 0 Å². The van der Waals surface area contributed by atoms with Gasteiger partial charge in [0.2, 0.25) is 0 Å². The molecule has 0 N–H and O–H groups in total. The number of allylic oxidation sites excluding steroid dienone is 2. The number of hydrogen-bond acceptors (Lipinski definition) is 2. The summed E-state index contributed by atoms with van der Waals surface area (Å²) in [6, 6.07) is 0. The van der Waals surface area contributed by atoms with E-state index in [0.717, 1.165) is 12.8 Å². The zero-order valence-electron chi connectivity index (χ0n) is 8.67. The van der Waals surface area contributed by atoms with Gasteiger partial charge in [0.25, 0.3) is 0 Å². The molecule has 0 aliphatic rings. The van der Waals surface area contributed by atoms with Gasteiger partial charge in [-0.05, 0) is 20.3 Å². The largest absolute Gasteiger partial charge is 0.458 e. The lowest BCUT2D eigenvalue weighted by Crippen LogP contribution is -2.05.